The van der Waals surface area contributed by atoms with Crippen molar-refractivity contribution in [3.05, 3.63) is 21.3 Å². The Bertz CT molecular complexity index is 315. The molecule has 2 heterocycles. The fourth-order valence-corrected chi connectivity index (χ4v) is 4.30. The summed E-state index contributed by atoms with van der Waals surface area (Å²) in [6.07, 6.45) is 1.42. The second-order valence-corrected chi connectivity index (χ2v) is 5.98. The highest BCUT2D eigenvalue weighted by atomic mass is 79.9. The van der Waals surface area contributed by atoms with Gasteiger partial charge < -0.3 is 4.74 Å². The van der Waals surface area contributed by atoms with E-state index in [9.17, 15) is 0 Å². The van der Waals surface area contributed by atoms with Gasteiger partial charge in [-0.1, -0.05) is 34.5 Å². The van der Waals surface area contributed by atoms with Gasteiger partial charge in [-0.15, -0.1) is 11.3 Å². The molecule has 0 amide bonds. The van der Waals surface area contributed by atoms with Crippen molar-refractivity contribution in [1.29, 1.82) is 0 Å². The van der Waals surface area contributed by atoms with E-state index in [-0.39, 0.29) is 10.9 Å². The molecule has 0 radical (unpaired) electrons. The Morgan fingerprint density at radius 2 is 2.50 bits per heavy atom. The fraction of sp³-hybridized carbons (Fsp3) is 0.600. The molecule has 4 heteroatoms. The van der Waals surface area contributed by atoms with E-state index < -0.39 is 0 Å². The third-order valence-electron chi connectivity index (χ3n) is 2.63. The monoisotopic (exact) mass is 294 g/mol. The molecule has 3 atom stereocenters. The van der Waals surface area contributed by atoms with Crippen molar-refractivity contribution in [2.24, 2.45) is 5.92 Å². The van der Waals surface area contributed by atoms with E-state index in [1.54, 1.807) is 11.3 Å². The topological polar surface area (TPSA) is 9.23 Å². The van der Waals surface area contributed by atoms with Gasteiger partial charge in [-0.25, -0.2) is 0 Å². The Hall–Kier alpha value is 0.430. The molecule has 1 nitrogen and oxygen atoms in total. The molecular weight excluding hydrogens is 284 g/mol. The summed E-state index contributed by atoms with van der Waals surface area (Å²) < 4.78 is 5.71. The van der Waals surface area contributed by atoms with Gasteiger partial charge in [0.1, 0.15) is 0 Å². The molecule has 1 aromatic rings. The number of rotatable bonds is 2. The zero-order valence-electron chi connectivity index (χ0n) is 7.87. The first-order valence-corrected chi connectivity index (χ1v) is 6.86. The highest BCUT2D eigenvalue weighted by Crippen LogP contribution is 2.42. The predicted octanol–water partition coefficient (Wildman–Crippen LogP) is 4.26. The van der Waals surface area contributed by atoms with E-state index in [0.717, 1.165) is 18.1 Å². The van der Waals surface area contributed by atoms with Gasteiger partial charge >= 0.3 is 0 Å². The molecule has 1 saturated heterocycles. The Labute approximate surface area is 102 Å². The molecule has 0 aliphatic carbocycles. The van der Waals surface area contributed by atoms with E-state index in [1.165, 1.54) is 4.88 Å². The molecule has 3 unspecified atom stereocenters. The van der Waals surface area contributed by atoms with Crippen LogP contribution in [0.5, 0.6) is 0 Å². The molecule has 1 aromatic heterocycles. The van der Waals surface area contributed by atoms with Gasteiger partial charge in [-0.2, -0.15) is 0 Å². The summed E-state index contributed by atoms with van der Waals surface area (Å²) in [6.45, 7) is 3.10. The highest BCUT2D eigenvalue weighted by Gasteiger charge is 2.32. The molecule has 14 heavy (non-hydrogen) atoms. The van der Waals surface area contributed by atoms with Gasteiger partial charge in [0.2, 0.25) is 0 Å². The minimum Gasteiger partial charge on any atom is -0.376 e. The first-order chi connectivity index (χ1) is 6.70. The first-order valence-electron chi connectivity index (χ1n) is 4.68. The quantitative estimate of drug-likeness (QED) is 0.741. The van der Waals surface area contributed by atoms with Crippen LogP contribution in [0.1, 0.15) is 23.0 Å². The first kappa shape index (κ1) is 10.9. The Kier molecular flexibility index (Phi) is 3.53. The maximum absolute atomic E-state index is 6.09. The van der Waals surface area contributed by atoms with Crippen LogP contribution in [0.3, 0.4) is 0 Å². The van der Waals surface area contributed by atoms with Crippen LogP contribution in [0.25, 0.3) is 0 Å². The number of alkyl halides is 1. The smallest absolute Gasteiger partial charge is 0.0775 e. The zero-order valence-corrected chi connectivity index (χ0v) is 11.0. The normalized spacial score (nSPS) is 29.4. The lowest BCUT2D eigenvalue weighted by Gasteiger charge is -2.20. The number of halogens is 2. The summed E-state index contributed by atoms with van der Waals surface area (Å²) in [7, 11) is 0. The largest absolute Gasteiger partial charge is 0.376 e. The van der Waals surface area contributed by atoms with E-state index in [4.69, 9.17) is 16.3 Å². The SMILES string of the molecule is CC1CCOC1C(Br)c1sccc1Cl. The van der Waals surface area contributed by atoms with Crippen LogP contribution in [0.2, 0.25) is 5.02 Å². The third-order valence-corrected chi connectivity index (χ3v) is 5.35. The lowest BCUT2D eigenvalue weighted by molar-refractivity contribution is 0.0941. The second-order valence-electron chi connectivity index (χ2n) is 3.64. The van der Waals surface area contributed by atoms with E-state index in [0.29, 0.717) is 5.92 Å². The van der Waals surface area contributed by atoms with Crippen LogP contribution in [0.4, 0.5) is 0 Å². The Morgan fingerprint density at radius 3 is 3.00 bits per heavy atom. The van der Waals surface area contributed by atoms with Crippen LogP contribution in [0, 0.1) is 5.92 Å². The van der Waals surface area contributed by atoms with Crippen LogP contribution >= 0.6 is 38.9 Å². The van der Waals surface area contributed by atoms with Gasteiger partial charge in [0.05, 0.1) is 16.0 Å². The van der Waals surface area contributed by atoms with Crippen LogP contribution in [-0.4, -0.2) is 12.7 Å². The summed E-state index contributed by atoms with van der Waals surface area (Å²) in [5.74, 6) is 0.609. The number of hydrogen-bond donors (Lipinski definition) is 0. The summed E-state index contributed by atoms with van der Waals surface area (Å²) >= 11 is 11.5. The molecule has 1 aliphatic heterocycles. The molecule has 0 saturated carbocycles. The average Bonchev–Trinajstić information content (AvgIpc) is 2.73. The molecule has 1 fully saturated rings. The Balaban J connectivity index is 2.15. The molecule has 0 N–H and O–H groups in total. The summed E-state index contributed by atoms with van der Waals surface area (Å²) in [6, 6.07) is 1.94. The van der Waals surface area contributed by atoms with Gasteiger partial charge in [0, 0.05) is 11.5 Å². The van der Waals surface area contributed by atoms with Crippen molar-refractivity contribution in [3.63, 3.8) is 0 Å². The van der Waals surface area contributed by atoms with Crippen LogP contribution < -0.4 is 0 Å². The van der Waals surface area contributed by atoms with Crippen molar-refractivity contribution in [3.8, 4) is 0 Å². The number of hydrogen-bond acceptors (Lipinski definition) is 2. The van der Waals surface area contributed by atoms with E-state index >= 15 is 0 Å². The lowest BCUT2D eigenvalue weighted by atomic mass is 10.0. The van der Waals surface area contributed by atoms with Crippen LogP contribution in [-0.2, 0) is 4.74 Å². The minimum atomic E-state index is 0.243. The number of thiophene rings is 1. The van der Waals surface area contributed by atoms with Gasteiger partial charge in [0.25, 0.3) is 0 Å². The molecule has 1 aliphatic rings. The maximum atomic E-state index is 6.09. The van der Waals surface area contributed by atoms with Crippen LogP contribution in [0.15, 0.2) is 11.4 Å². The summed E-state index contributed by atoms with van der Waals surface area (Å²) in [4.78, 5) is 1.43. The summed E-state index contributed by atoms with van der Waals surface area (Å²) in [5, 5.41) is 2.87. The lowest BCUT2D eigenvalue weighted by Crippen LogP contribution is -2.18. The second kappa shape index (κ2) is 4.52. The Morgan fingerprint density at radius 1 is 1.71 bits per heavy atom. The van der Waals surface area contributed by atoms with Crippen molar-refractivity contribution in [2.45, 2.75) is 24.3 Å². The van der Waals surface area contributed by atoms with Crippen molar-refractivity contribution < 1.29 is 4.74 Å². The van der Waals surface area contributed by atoms with Crippen molar-refractivity contribution in [2.75, 3.05) is 6.61 Å². The van der Waals surface area contributed by atoms with Crippen molar-refractivity contribution in [1.82, 2.24) is 0 Å². The van der Waals surface area contributed by atoms with E-state index in [2.05, 4.69) is 22.9 Å². The molecule has 0 spiro atoms. The molecule has 78 valence electrons. The number of ether oxygens (including phenoxy) is 1. The molecule has 2 rings (SSSR count). The minimum absolute atomic E-state index is 0.243. The highest BCUT2D eigenvalue weighted by molar-refractivity contribution is 9.09. The molecule has 0 bridgehead atoms. The van der Waals surface area contributed by atoms with Crippen molar-refractivity contribution >= 4 is 38.9 Å². The van der Waals surface area contributed by atoms with Gasteiger partial charge in [-0.3, -0.25) is 0 Å². The predicted molar refractivity (Wildman–Crippen MR) is 64.5 cm³/mol. The molecule has 0 aromatic carbocycles. The third kappa shape index (κ3) is 2.01. The molecular formula is C10H12BrClOS. The fourth-order valence-electron chi connectivity index (χ4n) is 1.74. The standard InChI is InChI=1S/C10H12BrClOS/c1-6-2-4-13-9(6)8(11)10-7(12)3-5-14-10/h3,5-6,8-9H,2,4H2,1H3. The zero-order chi connectivity index (χ0) is 10.1. The average molecular weight is 296 g/mol. The summed E-state index contributed by atoms with van der Waals surface area (Å²) in [5.41, 5.74) is 0. The van der Waals surface area contributed by atoms with Gasteiger partial charge in [-0.05, 0) is 23.8 Å². The van der Waals surface area contributed by atoms with Gasteiger partial charge in [0.15, 0.2) is 0 Å². The maximum Gasteiger partial charge on any atom is 0.0775 e. The van der Waals surface area contributed by atoms with E-state index in [1.807, 2.05) is 11.4 Å².